The second kappa shape index (κ2) is 7.04. The standard InChI is InChI=1S/C16H22N4O/c1-12-6-4-7-14(10-12)20(9-5-8-17)15-11-16(21-3)19-13(2)18-15/h4,6-7,10-11H,5,8-9,17H2,1-3H3. The molecular weight excluding hydrogens is 264 g/mol. The van der Waals surface area contributed by atoms with Gasteiger partial charge in [0.2, 0.25) is 5.88 Å². The molecule has 0 atom stereocenters. The van der Waals surface area contributed by atoms with Crippen molar-refractivity contribution in [1.29, 1.82) is 0 Å². The molecule has 0 saturated heterocycles. The normalized spacial score (nSPS) is 10.5. The highest BCUT2D eigenvalue weighted by Gasteiger charge is 2.13. The van der Waals surface area contributed by atoms with Crippen LogP contribution in [0.3, 0.4) is 0 Å². The van der Waals surface area contributed by atoms with E-state index in [0.717, 1.165) is 24.5 Å². The van der Waals surface area contributed by atoms with Crippen LogP contribution in [0, 0.1) is 13.8 Å². The Balaban J connectivity index is 2.42. The fourth-order valence-corrected chi connectivity index (χ4v) is 2.19. The van der Waals surface area contributed by atoms with E-state index in [2.05, 4.69) is 40.0 Å². The number of hydrogen-bond donors (Lipinski definition) is 1. The lowest BCUT2D eigenvalue weighted by Crippen LogP contribution is -2.22. The molecule has 2 aromatic rings. The molecule has 5 heteroatoms. The summed E-state index contributed by atoms with van der Waals surface area (Å²) in [5, 5.41) is 0. The number of aromatic nitrogens is 2. The molecule has 5 nitrogen and oxygen atoms in total. The minimum atomic E-state index is 0.572. The Morgan fingerprint density at radius 2 is 2.00 bits per heavy atom. The van der Waals surface area contributed by atoms with Crippen molar-refractivity contribution in [2.45, 2.75) is 20.3 Å². The van der Waals surface area contributed by atoms with Crippen molar-refractivity contribution < 1.29 is 4.74 Å². The van der Waals surface area contributed by atoms with E-state index in [1.165, 1.54) is 5.56 Å². The van der Waals surface area contributed by atoms with E-state index in [0.29, 0.717) is 18.2 Å². The van der Waals surface area contributed by atoms with Crippen molar-refractivity contribution in [3.05, 3.63) is 41.7 Å². The van der Waals surface area contributed by atoms with Crippen molar-refractivity contribution in [2.24, 2.45) is 5.73 Å². The second-order valence-electron chi connectivity index (χ2n) is 4.95. The van der Waals surface area contributed by atoms with Crippen LogP contribution in [-0.4, -0.2) is 30.2 Å². The fourth-order valence-electron chi connectivity index (χ4n) is 2.19. The summed E-state index contributed by atoms with van der Waals surface area (Å²) in [4.78, 5) is 10.9. The molecule has 0 aliphatic carbocycles. The molecule has 1 aromatic carbocycles. The van der Waals surface area contributed by atoms with E-state index in [1.54, 1.807) is 7.11 Å². The Kier molecular flexibility index (Phi) is 5.11. The first-order valence-electron chi connectivity index (χ1n) is 7.08. The van der Waals surface area contributed by atoms with Gasteiger partial charge < -0.3 is 15.4 Å². The topological polar surface area (TPSA) is 64.3 Å². The Bertz CT molecular complexity index is 601. The summed E-state index contributed by atoms with van der Waals surface area (Å²) in [6, 6.07) is 10.2. The molecule has 0 saturated carbocycles. The van der Waals surface area contributed by atoms with Gasteiger partial charge in [0.15, 0.2) is 0 Å². The van der Waals surface area contributed by atoms with Gasteiger partial charge in [0.1, 0.15) is 11.6 Å². The molecule has 0 aliphatic heterocycles. The van der Waals surface area contributed by atoms with Crippen LogP contribution in [0.2, 0.25) is 0 Å². The number of rotatable bonds is 6. The van der Waals surface area contributed by atoms with Crippen molar-refractivity contribution >= 4 is 11.5 Å². The molecule has 0 bridgehead atoms. The molecule has 21 heavy (non-hydrogen) atoms. The summed E-state index contributed by atoms with van der Waals surface area (Å²) >= 11 is 0. The van der Waals surface area contributed by atoms with E-state index >= 15 is 0 Å². The van der Waals surface area contributed by atoms with Crippen molar-refractivity contribution in [3.63, 3.8) is 0 Å². The van der Waals surface area contributed by atoms with Crippen LogP contribution in [0.15, 0.2) is 30.3 Å². The van der Waals surface area contributed by atoms with Gasteiger partial charge in [-0.1, -0.05) is 12.1 Å². The molecule has 0 amide bonds. The predicted molar refractivity (Wildman–Crippen MR) is 85.2 cm³/mol. The number of hydrogen-bond acceptors (Lipinski definition) is 5. The Morgan fingerprint density at radius 1 is 1.19 bits per heavy atom. The van der Waals surface area contributed by atoms with Gasteiger partial charge in [0.05, 0.1) is 7.11 Å². The largest absolute Gasteiger partial charge is 0.481 e. The van der Waals surface area contributed by atoms with Gasteiger partial charge in [-0.3, -0.25) is 0 Å². The highest BCUT2D eigenvalue weighted by Crippen LogP contribution is 2.26. The molecule has 0 radical (unpaired) electrons. The number of nitrogens with two attached hydrogens (primary N) is 1. The summed E-state index contributed by atoms with van der Waals surface area (Å²) in [6.07, 6.45) is 0.888. The number of ether oxygens (including phenoxy) is 1. The maximum absolute atomic E-state index is 5.66. The van der Waals surface area contributed by atoms with Gasteiger partial charge in [0.25, 0.3) is 0 Å². The summed E-state index contributed by atoms with van der Waals surface area (Å²) in [5.74, 6) is 2.09. The first-order chi connectivity index (χ1) is 10.1. The average molecular weight is 286 g/mol. The third-order valence-electron chi connectivity index (χ3n) is 3.19. The van der Waals surface area contributed by atoms with Crippen LogP contribution in [0.5, 0.6) is 5.88 Å². The van der Waals surface area contributed by atoms with Gasteiger partial charge in [0, 0.05) is 18.3 Å². The van der Waals surface area contributed by atoms with Crippen molar-refractivity contribution in [2.75, 3.05) is 25.1 Å². The minimum Gasteiger partial charge on any atom is -0.481 e. The van der Waals surface area contributed by atoms with Gasteiger partial charge in [-0.05, 0) is 44.5 Å². The lowest BCUT2D eigenvalue weighted by atomic mass is 10.2. The zero-order valence-electron chi connectivity index (χ0n) is 12.8. The summed E-state index contributed by atoms with van der Waals surface area (Å²) in [6.45, 7) is 5.39. The van der Waals surface area contributed by atoms with Crippen LogP contribution in [0.25, 0.3) is 0 Å². The van der Waals surface area contributed by atoms with Crippen molar-refractivity contribution in [3.8, 4) is 5.88 Å². The van der Waals surface area contributed by atoms with Crippen molar-refractivity contribution in [1.82, 2.24) is 9.97 Å². The molecule has 1 heterocycles. The van der Waals surface area contributed by atoms with Crippen LogP contribution in [0.4, 0.5) is 11.5 Å². The number of aryl methyl sites for hydroxylation is 2. The highest BCUT2D eigenvalue weighted by atomic mass is 16.5. The third-order valence-corrected chi connectivity index (χ3v) is 3.19. The molecule has 2 rings (SSSR count). The lowest BCUT2D eigenvalue weighted by Gasteiger charge is -2.24. The Hall–Kier alpha value is -2.14. The van der Waals surface area contributed by atoms with E-state index in [1.807, 2.05) is 19.1 Å². The lowest BCUT2D eigenvalue weighted by molar-refractivity contribution is 0.395. The number of anilines is 2. The van der Waals surface area contributed by atoms with Gasteiger partial charge >= 0.3 is 0 Å². The molecule has 0 aliphatic rings. The van der Waals surface area contributed by atoms with Crippen LogP contribution in [0.1, 0.15) is 17.8 Å². The summed E-state index contributed by atoms with van der Waals surface area (Å²) in [7, 11) is 1.61. The first kappa shape index (κ1) is 15.3. The Morgan fingerprint density at radius 3 is 2.67 bits per heavy atom. The number of methoxy groups -OCH3 is 1. The van der Waals surface area contributed by atoms with Crippen LogP contribution >= 0.6 is 0 Å². The molecule has 0 spiro atoms. The monoisotopic (exact) mass is 286 g/mol. The molecule has 112 valence electrons. The summed E-state index contributed by atoms with van der Waals surface area (Å²) < 4.78 is 5.25. The first-order valence-corrected chi connectivity index (χ1v) is 7.08. The SMILES string of the molecule is COc1cc(N(CCCN)c2cccc(C)c2)nc(C)n1. The third kappa shape index (κ3) is 3.92. The smallest absolute Gasteiger partial charge is 0.218 e. The van der Waals surface area contributed by atoms with Gasteiger partial charge in [-0.15, -0.1) is 0 Å². The van der Waals surface area contributed by atoms with Crippen LogP contribution < -0.4 is 15.4 Å². The van der Waals surface area contributed by atoms with E-state index < -0.39 is 0 Å². The minimum absolute atomic E-state index is 0.572. The van der Waals surface area contributed by atoms with Gasteiger partial charge in [-0.25, -0.2) is 4.98 Å². The Labute approximate surface area is 125 Å². The molecule has 0 fully saturated rings. The summed E-state index contributed by atoms with van der Waals surface area (Å²) in [5.41, 5.74) is 7.98. The maximum Gasteiger partial charge on any atom is 0.218 e. The molecule has 1 aromatic heterocycles. The number of benzene rings is 1. The average Bonchev–Trinajstić information content (AvgIpc) is 2.47. The van der Waals surface area contributed by atoms with Gasteiger partial charge in [-0.2, -0.15) is 4.98 Å². The zero-order chi connectivity index (χ0) is 15.2. The molecule has 2 N–H and O–H groups in total. The van der Waals surface area contributed by atoms with E-state index in [-0.39, 0.29) is 0 Å². The molecular formula is C16H22N4O. The maximum atomic E-state index is 5.66. The zero-order valence-corrected chi connectivity index (χ0v) is 12.8. The highest BCUT2D eigenvalue weighted by molar-refractivity contribution is 5.61. The second-order valence-corrected chi connectivity index (χ2v) is 4.95. The molecule has 0 unspecified atom stereocenters. The van der Waals surface area contributed by atoms with E-state index in [4.69, 9.17) is 10.5 Å². The predicted octanol–water partition coefficient (Wildman–Crippen LogP) is 2.59. The van der Waals surface area contributed by atoms with Crippen LogP contribution in [-0.2, 0) is 0 Å². The quantitative estimate of drug-likeness (QED) is 0.884. The fraction of sp³-hybridized carbons (Fsp3) is 0.375. The van der Waals surface area contributed by atoms with E-state index in [9.17, 15) is 0 Å². The number of nitrogens with zero attached hydrogens (tertiary/aromatic N) is 3.